The second-order valence-electron chi connectivity index (χ2n) is 8.48. The van der Waals surface area contributed by atoms with Crippen molar-refractivity contribution in [1.29, 1.82) is 0 Å². The molecule has 156 valence electrons. The van der Waals surface area contributed by atoms with Crippen molar-refractivity contribution in [3.63, 3.8) is 0 Å². The number of rotatable bonds is 7. The van der Waals surface area contributed by atoms with E-state index < -0.39 is 5.97 Å². The molecule has 1 fully saturated rings. The van der Waals surface area contributed by atoms with E-state index in [2.05, 4.69) is 41.4 Å². The molecule has 0 unspecified atom stereocenters. The standard InChI is InChI=1S/C24H27N3O3/c1-15(2)13-16-3-5-18(6-4-16)23-26-22(27-30-23)17-7-10-20(11-8-17)25-21-12-9-19(14-21)24(28)29/h3-8,10-11,15,19,21,25H,9,12-14H2,1-2H3,(H,28,29)/t19-,21+/m1/s1. The molecule has 0 aliphatic heterocycles. The number of carboxylic acid groups (broad SMARTS) is 1. The number of hydrogen-bond donors (Lipinski definition) is 2. The van der Waals surface area contributed by atoms with Gasteiger partial charge in [0, 0.05) is 22.9 Å². The highest BCUT2D eigenvalue weighted by Gasteiger charge is 2.29. The van der Waals surface area contributed by atoms with Crippen LogP contribution in [0.15, 0.2) is 53.1 Å². The lowest BCUT2D eigenvalue weighted by Gasteiger charge is -2.14. The Morgan fingerprint density at radius 1 is 1.10 bits per heavy atom. The van der Waals surface area contributed by atoms with E-state index in [1.807, 2.05) is 36.4 Å². The predicted molar refractivity (Wildman–Crippen MR) is 116 cm³/mol. The van der Waals surface area contributed by atoms with E-state index in [0.717, 1.165) is 36.1 Å². The first kappa shape index (κ1) is 20.1. The second kappa shape index (κ2) is 8.69. The summed E-state index contributed by atoms with van der Waals surface area (Å²) >= 11 is 0. The number of hydrogen-bond acceptors (Lipinski definition) is 5. The van der Waals surface area contributed by atoms with Crippen LogP contribution >= 0.6 is 0 Å². The Balaban J connectivity index is 1.40. The van der Waals surface area contributed by atoms with Gasteiger partial charge in [-0.2, -0.15) is 4.98 Å². The molecule has 0 bridgehead atoms. The van der Waals surface area contributed by atoms with Crippen LogP contribution in [-0.4, -0.2) is 27.3 Å². The summed E-state index contributed by atoms with van der Waals surface area (Å²) in [6.45, 7) is 4.42. The van der Waals surface area contributed by atoms with Crippen molar-refractivity contribution in [3.8, 4) is 22.8 Å². The lowest BCUT2D eigenvalue weighted by molar-refractivity contribution is -0.141. The lowest BCUT2D eigenvalue weighted by Crippen LogP contribution is -2.17. The highest BCUT2D eigenvalue weighted by molar-refractivity contribution is 5.70. The molecule has 6 heteroatoms. The van der Waals surface area contributed by atoms with Crippen LogP contribution in [0.4, 0.5) is 5.69 Å². The first-order chi connectivity index (χ1) is 14.5. The third-order valence-corrected chi connectivity index (χ3v) is 5.57. The monoisotopic (exact) mass is 405 g/mol. The molecule has 3 aromatic rings. The van der Waals surface area contributed by atoms with Gasteiger partial charge in [0.1, 0.15) is 0 Å². The topological polar surface area (TPSA) is 88.2 Å². The highest BCUT2D eigenvalue weighted by atomic mass is 16.5. The van der Waals surface area contributed by atoms with E-state index in [9.17, 15) is 4.79 Å². The maximum absolute atomic E-state index is 11.1. The molecule has 2 aromatic carbocycles. The van der Waals surface area contributed by atoms with Crippen LogP contribution in [0, 0.1) is 11.8 Å². The summed E-state index contributed by atoms with van der Waals surface area (Å²) in [5, 5.41) is 16.7. The average molecular weight is 405 g/mol. The van der Waals surface area contributed by atoms with Gasteiger partial charge in [-0.1, -0.05) is 31.1 Å². The van der Waals surface area contributed by atoms with Gasteiger partial charge in [-0.05, 0) is 73.6 Å². The highest BCUT2D eigenvalue weighted by Crippen LogP contribution is 2.29. The first-order valence-electron chi connectivity index (χ1n) is 10.5. The zero-order chi connectivity index (χ0) is 21.1. The Morgan fingerprint density at radius 2 is 1.80 bits per heavy atom. The van der Waals surface area contributed by atoms with Crippen molar-refractivity contribution < 1.29 is 14.4 Å². The largest absolute Gasteiger partial charge is 0.481 e. The minimum absolute atomic E-state index is 0.201. The number of nitrogens with zero attached hydrogens (tertiary/aromatic N) is 2. The number of carbonyl (C=O) groups is 1. The van der Waals surface area contributed by atoms with E-state index in [1.54, 1.807) is 0 Å². The minimum Gasteiger partial charge on any atom is -0.481 e. The summed E-state index contributed by atoms with van der Waals surface area (Å²) in [6.07, 6.45) is 3.33. The Hall–Kier alpha value is -3.15. The van der Waals surface area contributed by atoms with E-state index >= 15 is 0 Å². The van der Waals surface area contributed by atoms with Gasteiger partial charge in [-0.25, -0.2) is 0 Å². The van der Waals surface area contributed by atoms with Gasteiger partial charge in [-0.3, -0.25) is 4.79 Å². The summed E-state index contributed by atoms with van der Waals surface area (Å²) < 4.78 is 5.47. The summed E-state index contributed by atoms with van der Waals surface area (Å²) in [6, 6.07) is 16.3. The molecule has 2 atom stereocenters. The number of nitrogens with one attached hydrogen (secondary N) is 1. The van der Waals surface area contributed by atoms with Gasteiger partial charge >= 0.3 is 5.97 Å². The third-order valence-electron chi connectivity index (χ3n) is 5.57. The van der Waals surface area contributed by atoms with Gasteiger partial charge in [0.2, 0.25) is 5.82 Å². The normalized spacial score (nSPS) is 18.6. The van der Waals surface area contributed by atoms with Crippen molar-refractivity contribution in [3.05, 3.63) is 54.1 Å². The van der Waals surface area contributed by atoms with E-state index in [1.165, 1.54) is 5.56 Å². The summed E-state index contributed by atoms with van der Waals surface area (Å²) in [4.78, 5) is 15.7. The smallest absolute Gasteiger partial charge is 0.306 e. The first-order valence-corrected chi connectivity index (χ1v) is 10.5. The Bertz CT molecular complexity index is 993. The molecule has 4 rings (SSSR count). The van der Waals surface area contributed by atoms with Crippen LogP contribution in [-0.2, 0) is 11.2 Å². The Kier molecular flexibility index (Phi) is 5.84. The summed E-state index contributed by atoms with van der Waals surface area (Å²) in [5.74, 6) is 0.746. The van der Waals surface area contributed by atoms with Crippen LogP contribution in [0.1, 0.15) is 38.7 Å². The Morgan fingerprint density at radius 3 is 2.43 bits per heavy atom. The van der Waals surface area contributed by atoms with E-state index in [-0.39, 0.29) is 12.0 Å². The summed E-state index contributed by atoms with van der Waals surface area (Å²) in [5.41, 5.74) is 4.06. The third kappa shape index (κ3) is 4.70. The van der Waals surface area contributed by atoms with Crippen LogP contribution in [0.3, 0.4) is 0 Å². The van der Waals surface area contributed by atoms with Crippen LogP contribution < -0.4 is 5.32 Å². The number of anilines is 1. The van der Waals surface area contributed by atoms with Crippen molar-refractivity contribution in [2.45, 2.75) is 45.6 Å². The molecule has 2 N–H and O–H groups in total. The van der Waals surface area contributed by atoms with Crippen LogP contribution in [0.25, 0.3) is 22.8 Å². The fourth-order valence-electron chi connectivity index (χ4n) is 4.00. The quantitative estimate of drug-likeness (QED) is 0.557. The SMILES string of the molecule is CC(C)Cc1ccc(-c2nc(-c3ccc(N[C@H]4CC[C@@H](C(=O)O)C4)cc3)no2)cc1. The van der Waals surface area contributed by atoms with Crippen molar-refractivity contribution in [2.75, 3.05) is 5.32 Å². The number of benzene rings is 2. The van der Waals surface area contributed by atoms with Crippen LogP contribution in [0.2, 0.25) is 0 Å². The molecule has 30 heavy (non-hydrogen) atoms. The summed E-state index contributed by atoms with van der Waals surface area (Å²) in [7, 11) is 0. The van der Waals surface area contributed by atoms with Gasteiger partial charge in [0.25, 0.3) is 5.89 Å². The number of carboxylic acids is 1. The molecule has 1 aliphatic carbocycles. The predicted octanol–water partition coefficient (Wildman–Crippen LogP) is 5.27. The van der Waals surface area contributed by atoms with Crippen LogP contribution in [0.5, 0.6) is 0 Å². The van der Waals surface area contributed by atoms with Gasteiger partial charge < -0.3 is 14.9 Å². The van der Waals surface area contributed by atoms with E-state index in [4.69, 9.17) is 9.63 Å². The van der Waals surface area contributed by atoms with Crippen molar-refractivity contribution in [1.82, 2.24) is 10.1 Å². The molecular weight excluding hydrogens is 378 g/mol. The van der Waals surface area contributed by atoms with E-state index in [0.29, 0.717) is 24.1 Å². The maximum atomic E-state index is 11.1. The Labute approximate surface area is 176 Å². The van der Waals surface area contributed by atoms with Crippen molar-refractivity contribution in [2.24, 2.45) is 11.8 Å². The molecule has 0 spiro atoms. The average Bonchev–Trinajstić information content (AvgIpc) is 3.39. The molecule has 1 saturated carbocycles. The minimum atomic E-state index is -0.697. The zero-order valence-electron chi connectivity index (χ0n) is 17.3. The second-order valence-corrected chi connectivity index (χ2v) is 8.48. The van der Waals surface area contributed by atoms with Gasteiger partial charge in [0.15, 0.2) is 0 Å². The molecule has 1 aromatic heterocycles. The fraction of sp³-hybridized carbons (Fsp3) is 0.375. The lowest BCUT2D eigenvalue weighted by atomic mass is 10.0. The van der Waals surface area contributed by atoms with Gasteiger partial charge in [-0.15, -0.1) is 0 Å². The van der Waals surface area contributed by atoms with Crippen molar-refractivity contribution >= 4 is 11.7 Å². The zero-order valence-corrected chi connectivity index (χ0v) is 17.3. The molecule has 0 saturated heterocycles. The molecule has 0 amide bonds. The molecule has 0 radical (unpaired) electrons. The molecule has 1 aliphatic rings. The molecule has 1 heterocycles. The van der Waals surface area contributed by atoms with Gasteiger partial charge in [0.05, 0.1) is 5.92 Å². The maximum Gasteiger partial charge on any atom is 0.306 e. The molecule has 6 nitrogen and oxygen atoms in total. The number of aromatic nitrogens is 2. The molecular formula is C24H27N3O3. The fourth-order valence-corrected chi connectivity index (χ4v) is 4.00. The number of aliphatic carboxylic acids is 1.